The first-order valence-corrected chi connectivity index (χ1v) is 12.5. The number of fused-ring (bicyclic) bond motifs is 1. The Morgan fingerprint density at radius 1 is 1.00 bits per heavy atom. The van der Waals surface area contributed by atoms with Crippen molar-refractivity contribution in [2.24, 2.45) is 0 Å². The zero-order chi connectivity index (χ0) is 22.5. The van der Waals surface area contributed by atoms with Gasteiger partial charge in [0.05, 0.1) is 12.9 Å². The van der Waals surface area contributed by atoms with Crippen LogP contribution in [0.4, 0.5) is 0 Å². The summed E-state index contributed by atoms with van der Waals surface area (Å²) in [5.41, 5.74) is 1.76. The summed E-state index contributed by atoms with van der Waals surface area (Å²) in [4.78, 5) is 1.05. The van der Waals surface area contributed by atoms with Gasteiger partial charge in [0.1, 0.15) is 11.5 Å². The molecule has 2 atom stereocenters. The van der Waals surface area contributed by atoms with Crippen LogP contribution in [0.5, 0.6) is 11.5 Å². The number of thioether (sulfide) groups is 1. The molecule has 0 fully saturated rings. The lowest BCUT2D eigenvalue weighted by Crippen LogP contribution is -2.39. The van der Waals surface area contributed by atoms with Crippen LogP contribution in [0.2, 0.25) is 0 Å². The summed E-state index contributed by atoms with van der Waals surface area (Å²) >= 11 is 1.72. The van der Waals surface area contributed by atoms with Gasteiger partial charge in [0.15, 0.2) is 13.6 Å². The van der Waals surface area contributed by atoms with Gasteiger partial charge >= 0.3 is 0 Å². The van der Waals surface area contributed by atoms with Crippen molar-refractivity contribution in [2.45, 2.75) is 23.2 Å². The van der Waals surface area contributed by atoms with Crippen LogP contribution in [-0.4, -0.2) is 54.8 Å². The molecular formula is C22H28O7S2. The molecule has 1 aliphatic heterocycles. The molecule has 1 aliphatic rings. The van der Waals surface area contributed by atoms with Crippen molar-refractivity contribution in [1.82, 2.24) is 0 Å². The average molecular weight is 469 g/mol. The third-order valence-corrected chi connectivity index (χ3v) is 7.28. The lowest BCUT2D eigenvalue weighted by molar-refractivity contribution is 0.0508. The zero-order valence-electron chi connectivity index (χ0n) is 18.1. The molecule has 31 heavy (non-hydrogen) atoms. The van der Waals surface area contributed by atoms with Crippen molar-refractivity contribution in [3.63, 3.8) is 0 Å². The predicted molar refractivity (Wildman–Crippen MR) is 120 cm³/mol. The van der Waals surface area contributed by atoms with Crippen LogP contribution in [0.15, 0.2) is 47.4 Å². The van der Waals surface area contributed by atoms with E-state index in [1.54, 1.807) is 26.0 Å². The second-order valence-corrected chi connectivity index (χ2v) is 10.2. The zero-order valence-corrected chi connectivity index (χ0v) is 19.8. The minimum absolute atomic E-state index is 0.0586. The first-order valence-electron chi connectivity index (χ1n) is 9.72. The van der Waals surface area contributed by atoms with E-state index < -0.39 is 10.1 Å². The van der Waals surface area contributed by atoms with Crippen LogP contribution < -0.4 is 9.47 Å². The molecule has 0 saturated carbocycles. The smallest absolute Gasteiger partial charge is 0.264 e. The van der Waals surface area contributed by atoms with Gasteiger partial charge in [-0.05, 0) is 35.4 Å². The molecule has 0 spiro atoms. The van der Waals surface area contributed by atoms with Gasteiger partial charge in [0.25, 0.3) is 10.1 Å². The van der Waals surface area contributed by atoms with Crippen LogP contribution >= 0.6 is 11.8 Å². The Morgan fingerprint density at radius 2 is 1.61 bits per heavy atom. The number of hydrogen-bond acceptors (Lipinski definition) is 8. The van der Waals surface area contributed by atoms with Gasteiger partial charge in [-0.2, -0.15) is 8.42 Å². The molecule has 1 heterocycles. The maximum absolute atomic E-state index is 11.8. The summed E-state index contributed by atoms with van der Waals surface area (Å²) in [7, 11) is -0.432. The predicted octanol–water partition coefficient (Wildman–Crippen LogP) is 3.78. The molecule has 2 unspecified atom stereocenters. The fourth-order valence-corrected chi connectivity index (χ4v) is 5.41. The van der Waals surface area contributed by atoms with Crippen molar-refractivity contribution in [1.29, 1.82) is 0 Å². The molecule has 0 bridgehead atoms. The van der Waals surface area contributed by atoms with Gasteiger partial charge in [-0.3, -0.25) is 4.18 Å². The summed E-state index contributed by atoms with van der Waals surface area (Å²) in [6.45, 7) is 2.54. The van der Waals surface area contributed by atoms with Crippen LogP contribution in [-0.2, 0) is 29.2 Å². The summed E-state index contributed by atoms with van der Waals surface area (Å²) in [5.74, 6) is 2.01. The van der Waals surface area contributed by atoms with Crippen molar-refractivity contribution in [3.05, 3.63) is 53.6 Å². The Hall–Kier alpha value is -1.78. The van der Waals surface area contributed by atoms with Crippen LogP contribution in [0, 0.1) is 0 Å². The van der Waals surface area contributed by atoms with Gasteiger partial charge in [-0.25, -0.2) is 0 Å². The Balaban J connectivity index is 1.95. The fourth-order valence-electron chi connectivity index (χ4n) is 3.62. The number of rotatable bonds is 10. The molecule has 9 heteroatoms. The molecule has 7 nitrogen and oxygen atoms in total. The van der Waals surface area contributed by atoms with E-state index in [2.05, 4.69) is 6.92 Å². The van der Waals surface area contributed by atoms with Gasteiger partial charge < -0.3 is 18.9 Å². The molecule has 170 valence electrons. The Kier molecular flexibility index (Phi) is 7.87. The van der Waals surface area contributed by atoms with Crippen molar-refractivity contribution in [2.75, 3.05) is 46.4 Å². The van der Waals surface area contributed by atoms with E-state index in [9.17, 15) is 8.42 Å². The van der Waals surface area contributed by atoms with E-state index in [-0.39, 0.29) is 31.5 Å². The summed E-state index contributed by atoms with van der Waals surface area (Å²) < 4.78 is 49.8. The van der Waals surface area contributed by atoms with Gasteiger partial charge in [-0.1, -0.05) is 25.1 Å². The minimum Gasteiger partial charge on any atom is -0.468 e. The van der Waals surface area contributed by atoms with Crippen LogP contribution in [0.25, 0.3) is 0 Å². The monoisotopic (exact) mass is 468 g/mol. The topological polar surface area (TPSA) is 80.3 Å². The SMILES string of the molecule is COCOc1ccc(C2(C)CSc3cc(OCOC)ccc3C2COS(C)(=O)=O)cc1. The molecule has 3 rings (SSSR count). The van der Waals surface area contributed by atoms with Gasteiger partial charge in [0.2, 0.25) is 0 Å². The third-order valence-electron chi connectivity index (χ3n) is 5.31. The van der Waals surface area contributed by atoms with Gasteiger partial charge in [0, 0.05) is 36.2 Å². The van der Waals surface area contributed by atoms with Crippen molar-refractivity contribution in [3.8, 4) is 11.5 Å². The van der Waals surface area contributed by atoms with E-state index in [0.717, 1.165) is 28.0 Å². The molecule has 0 N–H and O–H groups in total. The highest BCUT2D eigenvalue weighted by Gasteiger charge is 2.42. The molecule has 0 aliphatic carbocycles. The Bertz CT molecular complexity index is 976. The van der Waals surface area contributed by atoms with Crippen LogP contribution in [0.1, 0.15) is 24.0 Å². The molecule has 2 aromatic rings. The van der Waals surface area contributed by atoms with Crippen molar-refractivity contribution >= 4 is 21.9 Å². The molecular weight excluding hydrogens is 440 g/mol. The first-order chi connectivity index (χ1) is 14.8. The van der Waals surface area contributed by atoms with E-state index in [1.807, 2.05) is 42.5 Å². The standard InChI is InChI=1S/C22H28O7S2/c1-22(16-5-7-17(8-6-16)27-14-25-2)13-30-21-11-18(28-15-26-3)9-10-19(21)20(22)12-29-31(4,23)24/h5-11,20H,12-15H2,1-4H3. The Morgan fingerprint density at radius 3 is 2.23 bits per heavy atom. The average Bonchev–Trinajstić information content (AvgIpc) is 2.75. The highest BCUT2D eigenvalue weighted by Crippen LogP contribution is 2.51. The number of hydrogen-bond donors (Lipinski definition) is 0. The fraction of sp³-hybridized carbons (Fsp3) is 0.455. The quantitative estimate of drug-likeness (QED) is 0.385. The van der Waals surface area contributed by atoms with Gasteiger partial charge in [-0.15, -0.1) is 11.8 Å². The lowest BCUT2D eigenvalue weighted by atomic mass is 9.70. The minimum atomic E-state index is -3.58. The summed E-state index contributed by atoms with van der Waals surface area (Å²) in [6.07, 6.45) is 1.08. The molecule has 0 radical (unpaired) electrons. The van der Waals surface area contributed by atoms with E-state index in [0.29, 0.717) is 11.5 Å². The normalized spacial score (nSPS) is 20.8. The highest BCUT2D eigenvalue weighted by molar-refractivity contribution is 7.99. The van der Waals surface area contributed by atoms with E-state index in [4.69, 9.17) is 23.1 Å². The largest absolute Gasteiger partial charge is 0.468 e. The van der Waals surface area contributed by atoms with E-state index >= 15 is 0 Å². The molecule has 2 aromatic carbocycles. The molecule has 0 saturated heterocycles. The van der Waals surface area contributed by atoms with Crippen LogP contribution in [0.3, 0.4) is 0 Å². The number of benzene rings is 2. The molecule has 0 aromatic heterocycles. The van der Waals surface area contributed by atoms with Crippen molar-refractivity contribution < 1.29 is 31.5 Å². The number of methoxy groups -OCH3 is 2. The number of ether oxygens (including phenoxy) is 4. The second-order valence-electron chi connectivity index (χ2n) is 7.57. The van der Waals surface area contributed by atoms with E-state index in [1.165, 1.54) is 0 Å². The maximum atomic E-state index is 11.8. The summed E-state index contributed by atoms with van der Waals surface area (Å²) in [6, 6.07) is 13.6. The Labute approximate surface area is 188 Å². The molecule has 0 amide bonds. The maximum Gasteiger partial charge on any atom is 0.264 e. The lowest BCUT2D eigenvalue weighted by Gasteiger charge is -2.42. The third kappa shape index (κ3) is 5.93. The highest BCUT2D eigenvalue weighted by atomic mass is 32.2. The second kappa shape index (κ2) is 10.2. The summed E-state index contributed by atoms with van der Waals surface area (Å²) in [5, 5.41) is 0. The first kappa shape index (κ1) is 23.9.